The maximum atomic E-state index is 12.4. The van der Waals surface area contributed by atoms with E-state index >= 15 is 0 Å². The van der Waals surface area contributed by atoms with Gasteiger partial charge in [0.25, 0.3) is 0 Å². The lowest BCUT2D eigenvalue weighted by Gasteiger charge is -2.23. The molecule has 4 aromatic rings. The van der Waals surface area contributed by atoms with E-state index in [1.54, 1.807) is 30.5 Å². The van der Waals surface area contributed by atoms with Crippen molar-refractivity contribution in [3.05, 3.63) is 54.4 Å². The largest absolute Gasteiger partial charge is 0.493 e. The molecule has 0 aliphatic heterocycles. The molecule has 37 heavy (non-hydrogen) atoms. The maximum Gasteiger partial charge on any atom is 0.324 e. The summed E-state index contributed by atoms with van der Waals surface area (Å²) in [5.74, 6) is 2.61. The zero-order valence-corrected chi connectivity index (χ0v) is 20.7. The third kappa shape index (κ3) is 6.18. The van der Waals surface area contributed by atoms with E-state index in [0.717, 1.165) is 31.4 Å². The Kier molecular flexibility index (Phi) is 7.20. The SMILES string of the molecule is COc1cc(NC(=O)NC2CCCCC2)ccc1Oc1nc(C)cc(Nc2cc(-c3ccco3)[nH]n2)n1. The van der Waals surface area contributed by atoms with Gasteiger partial charge in [-0.1, -0.05) is 19.3 Å². The summed E-state index contributed by atoms with van der Waals surface area (Å²) in [7, 11) is 1.53. The lowest BCUT2D eigenvalue weighted by Crippen LogP contribution is -2.39. The average Bonchev–Trinajstić information content (AvgIpc) is 3.57. The van der Waals surface area contributed by atoms with Gasteiger partial charge in [-0.15, -0.1) is 0 Å². The Morgan fingerprint density at radius 3 is 2.70 bits per heavy atom. The number of methoxy groups -OCH3 is 1. The molecule has 192 valence electrons. The molecule has 2 amide bonds. The van der Waals surface area contributed by atoms with Crippen LogP contribution in [0.1, 0.15) is 37.8 Å². The van der Waals surface area contributed by atoms with E-state index in [1.165, 1.54) is 13.5 Å². The summed E-state index contributed by atoms with van der Waals surface area (Å²) in [6, 6.07) is 12.5. The summed E-state index contributed by atoms with van der Waals surface area (Å²) in [5.41, 5.74) is 2.03. The number of anilines is 3. The van der Waals surface area contributed by atoms with E-state index in [-0.39, 0.29) is 18.1 Å². The number of urea groups is 1. The topological polar surface area (TPSA) is 139 Å². The van der Waals surface area contributed by atoms with Crippen molar-refractivity contribution >= 4 is 23.4 Å². The highest BCUT2D eigenvalue weighted by atomic mass is 16.5. The molecule has 0 unspecified atom stereocenters. The summed E-state index contributed by atoms with van der Waals surface area (Å²) in [6.45, 7) is 1.84. The molecule has 1 aromatic carbocycles. The third-order valence-corrected chi connectivity index (χ3v) is 6.02. The van der Waals surface area contributed by atoms with Crippen LogP contribution in [0.3, 0.4) is 0 Å². The fourth-order valence-corrected chi connectivity index (χ4v) is 4.25. The van der Waals surface area contributed by atoms with Gasteiger partial charge in [-0.05, 0) is 44.0 Å². The van der Waals surface area contributed by atoms with Crippen molar-refractivity contribution in [1.29, 1.82) is 0 Å². The lowest BCUT2D eigenvalue weighted by atomic mass is 9.96. The van der Waals surface area contributed by atoms with E-state index in [0.29, 0.717) is 40.3 Å². The number of aryl methyl sites for hydroxylation is 1. The molecular weight excluding hydrogens is 474 g/mol. The summed E-state index contributed by atoms with van der Waals surface area (Å²) >= 11 is 0. The molecular formula is C26H29N7O4. The second-order valence-electron chi connectivity index (χ2n) is 8.85. The van der Waals surface area contributed by atoms with E-state index in [1.807, 2.05) is 25.1 Å². The maximum absolute atomic E-state index is 12.4. The summed E-state index contributed by atoms with van der Waals surface area (Å²) in [6.07, 6.45) is 7.16. The number of H-pyrrole nitrogens is 1. The van der Waals surface area contributed by atoms with Crippen molar-refractivity contribution in [1.82, 2.24) is 25.5 Å². The molecule has 4 N–H and O–H groups in total. The number of carbonyl (C=O) groups is 1. The molecule has 1 aliphatic carbocycles. The fourth-order valence-electron chi connectivity index (χ4n) is 4.25. The normalized spacial score (nSPS) is 13.7. The Bertz CT molecular complexity index is 1350. The van der Waals surface area contributed by atoms with E-state index < -0.39 is 0 Å². The number of aromatic amines is 1. The summed E-state index contributed by atoms with van der Waals surface area (Å²) < 4.78 is 16.8. The highest BCUT2D eigenvalue weighted by molar-refractivity contribution is 5.89. The lowest BCUT2D eigenvalue weighted by molar-refractivity contribution is 0.244. The minimum Gasteiger partial charge on any atom is -0.493 e. The standard InChI is InChI=1S/C26H29N7O4/c1-16-13-23(30-24-15-19(32-33-24)20-9-6-12-36-20)31-26(27-16)37-21-11-10-18(14-22(21)35-2)29-25(34)28-17-7-4-3-5-8-17/h6,9-15,17H,3-5,7-8H2,1-2H3,(H2,28,29,34)(H2,27,30,31,32,33). The van der Waals surface area contributed by atoms with Gasteiger partial charge in [0.05, 0.1) is 13.4 Å². The van der Waals surface area contributed by atoms with E-state index in [2.05, 4.69) is 36.1 Å². The van der Waals surface area contributed by atoms with Gasteiger partial charge in [-0.25, -0.2) is 9.78 Å². The van der Waals surface area contributed by atoms with Crippen molar-refractivity contribution in [2.75, 3.05) is 17.7 Å². The van der Waals surface area contributed by atoms with Crippen LogP contribution in [-0.4, -0.2) is 39.3 Å². The number of rotatable bonds is 8. The van der Waals surface area contributed by atoms with Crippen LogP contribution in [0.2, 0.25) is 0 Å². The van der Waals surface area contributed by atoms with Crippen LogP contribution in [0, 0.1) is 6.92 Å². The van der Waals surface area contributed by atoms with Gasteiger partial charge in [0.1, 0.15) is 11.5 Å². The Balaban J connectivity index is 1.26. The minimum absolute atomic E-state index is 0.137. The van der Waals surface area contributed by atoms with Crippen LogP contribution in [0.5, 0.6) is 17.5 Å². The predicted octanol–water partition coefficient (Wildman–Crippen LogP) is 5.77. The smallest absolute Gasteiger partial charge is 0.324 e. The fraction of sp³-hybridized carbons (Fsp3) is 0.308. The number of aromatic nitrogens is 4. The molecule has 1 fully saturated rings. The van der Waals surface area contributed by atoms with Gasteiger partial charge in [0.2, 0.25) is 0 Å². The van der Waals surface area contributed by atoms with Crippen LogP contribution < -0.4 is 25.4 Å². The number of amides is 2. The van der Waals surface area contributed by atoms with Crippen LogP contribution in [0.15, 0.2) is 53.1 Å². The third-order valence-electron chi connectivity index (χ3n) is 6.02. The minimum atomic E-state index is -0.228. The van der Waals surface area contributed by atoms with Gasteiger partial charge in [0.15, 0.2) is 23.1 Å². The molecule has 3 heterocycles. The van der Waals surface area contributed by atoms with Crippen LogP contribution in [0.4, 0.5) is 22.1 Å². The predicted molar refractivity (Wildman–Crippen MR) is 138 cm³/mol. The number of benzene rings is 1. The van der Waals surface area contributed by atoms with Gasteiger partial charge >= 0.3 is 12.0 Å². The monoisotopic (exact) mass is 503 g/mol. The van der Waals surface area contributed by atoms with Crippen molar-refractivity contribution in [3.63, 3.8) is 0 Å². The van der Waals surface area contributed by atoms with Crippen LogP contribution in [-0.2, 0) is 0 Å². The van der Waals surface area contributed by atoms with E-state index in [4.69, 9.17) is 13.9 Å². The molecule has 1 aliphatic rings. The van der Waals surface area contributed by atoms with Crippen LogP contribution >= 0.6 is 0 Å². The number of furan rings is 1. The molecule has 1 saturated carbocycles. The zero-order chi connectivity index (χ0) is 25.6. The second kappa shape index (κ2) is 11.0. The highest BCUT2D eigenvalue weighted by Gasteiger charge is 2.17. The number of hydrogen-bond acceptors (Lipinski definition) is 8. The Morgan fingerprint density at radius 2 is 1.92 bits per heavy atom. The van der Waals surface area contributed by atoms with E-state index in [9.17, 15) is 4.79 Å². The molecule has 0 atom stereocenters. The number of nitrogens with one attached hydrogen (secondary N) is 4. The first-order valence-corrected chi connectivity index (χ1v) is 12.2. The van der Waals surface area contributed by atoms with Crippen LogP contribution in [0.25, 0.3) is 11.5 Å². The van der Waals surface area contributed by atoms with Gasteiger partial charge < -0.3 is 29.8 Å². The molecule has 5 rings (SSSR count). The molecule has 11 heteroatoms. The average molecular weight is 504 g/mol. The van der Waals surface area contributed by atoms with Gasteiger partial charge in [0, 0.05) is 35.6 Å². The van der Waals surface area contributed by atoms with Crippen molar-refractivity contribution in [3.8, 4) is 29.0 Å². The number of ether oxygens (including phenoxy) is 2. The molecule has 3 aromatic heterocycles. The number of hydrogen-bond donors (Lipinski definition) is 4. The second-order valence-corrected chi connectivity index (χ2v) is 8.85. The first-order valence-electron chi connectivity index (χ1n) is 12.2. The van der Waals surface area contributed by atoms with Gasteiger partial charge in [-0.2, -0.15) is 10.1 Å². The Labute approximate surface area is 214 Å². The Hall–Kier alpha value is -4.54. The molecule has 0 bridgehead atoms. The molecule has 0 spiro atoms. The highest BCUT2D eigenvalue weighted by Crippen LogP contribution is 2.33. The number of nitrogens with zero attached hydrogens (tertiary/aromatic N) is 3. The Morgan fingerprint density at radius 1 is 1.05 bits per heavy atom. The van der Waals surface area contributed by atoms with Crippen molar-refractivity contribution in [2.24, 2.45) is 0 Å². The van der Waals surface area contributed by atoms with Gasteiger partial charge in [-0.3, -0.25) is 5.10 Å². The van der Waals surface area contributed by atoms with Crippen molar-refractivity contribution < 1.29 is 18.7 Å². The summed E-state index contributed by atoms with van der Waals surface area (Å²) in [5, 5.41) is 16.2. The van der Waals surface area contributed by atoms with Crippen molar-refractivity contribution in [2.45, 2.75) is 45.1 Å². The zero-order valence-electron chi connectivity index (χ0n) is 20.7. The first-order chi connectivity index (χ1) is 18.1. The molecule has 11 nitrogen and oxygen atoms in total. The molecule has 0 radical (unpaired) electrons. The first kappa shape index (κ1) is 24.2. The summed E-state index contributed by atoms with van der Waals surface area (Å²) in [4.78, 5) is 21.2. The number of carbonyl (C=O) groups excluding carboxylic acids is 1. The molecule has 0 saturated heterocycles. The quantitative estimate of drug-likeness (QED) is 0.238.